The number of hydrogen-bond donors (Lipinski definition) is 1. The molecule has 0 bridgehead atoms. The summed E-state index contributed by atoms with van der Waals surface area (Å²) in [6, 6.07) is 16.6. The first-order valence-electron chi connectivity index (χ1n) is 12.8. The van der Waals surface area contributed by atoms with Crippen molar-refractivity contribution in [3.63, 3.8) is 0 Å². The third kappa shape index (κ3) is 4.34. The van der Waals surface area contributed by atoms with Gasteiger partial charge in [0.25, 0.3) is 0 Å². The molecule has 2 fully saturated rings. The van der Waals surface area contributed by atoms with E-state index >= 15 is 0 Å². The van der Waals surface area contributed by atoms with Gasteiger partial charge in [-0.15, -0.1) is 0 Å². The fourth-order valence-corrected chi connectivity index (χ4v) is 6.16. The summed E-state index contributed by atoms with van der Waals surface area (Å²) in [4.78, 5) is 28.3. The first kappa shape index (κ1) is 23.6. The molecule has 4 atom stereocenters. The number of nitrogens with zero attached hydrogens (tertiary/aromatic N) is 1. The number of ether oxygens (including phenoxy) is 1. The fraction of sp³-hybridized carbons (Fsp3) is 0.400. The molecule has 5 heteroatoms. The number of allylic oxidation sites excluding steroid dienone is 2. The summed E-state index contributed by atoms with van der Waals surface area (Å²) in [6.07, 6.45) is 6.34. The van der Waals surface area contributed by atoms with Crippen LogP contribution in [0.15, 0.2) is 71.3 Å². The Morgan fingerprint density at radius 1 is 1.06 bits per heavy atom. The Bertz CT molecular complexity index is 1180. The lowest BCUT2D eigenvalue weighted by Crippen LogP contribution is -2.34. The molecule has 0 saturated carbocycles. The molecule has 182 valence electrons. The number of carbonyl (C=O) groups excluding carboxylic acids is 2. The summed E-state index contributed by atoms with van der Waals surface area (Å²) in [7, 11) is 0. The zero-order valence-corrected chi connectivity index (χ0v) is 20.4. The van der Waals surface area contributed by atoms with Crippen molar-refractivity contribution in [2.45, 2.75) is 52.1 Å². The third-order valence-corrected chi connectivity index (χ3v) is 7.87. The first-order valence-corrected chi connectivity index (χ1v) is 12.8. The number of amides is 2. The van der Waals surface area contributed by atoms with E-state index in [0.29, 0.717) is 18.7 Å². The van der Waals surface area contributed by atoms with Crippen LogP contribution in [-0.4, -0.2) is 29.6 Å². The number of rotatable bonds is 7. The number of hydrogen-bond acceptors (Lipinski definition) is 4. The van der Waals surface area contributed by atoms with Gasteiger partial charge in [0.1, 0.15) is 5.75 Å². The van der Waals surface area contributed by atoms with Crippen molar-refractivity contribution < 1.29 is 19.4 Å². The van der Waals surface area contributed by atoms with Crippen molar-refractivity contribution in [3.8, 4) is 5.75 Å². The summed E-state index contributed by atoms with van der Waals surface area (Å²) in [5.41, 5.74) is 5.54. The SMILES string of the molecule is CCC1=C2[C@@H](CC/C(=C/c3cccc(O)c3)CC)OC[C@@H]2[C@@H]2C(=O)N(c3ccccc3)C(=O)[C@@H]2C1. The van der Waals surface area contributed by atoms with Crippen LogP contribution in [0, 0.1) is 17.8 Å². The summed E-state index contributed by atoms with van der Waals surface area (Å²) < 4.78 is 6.32. The number of anilines is 1. The number of benzene rings is 2. The number of fused-ring (bicyclic) bond motifs is 3. The highest BCUT2D eigenvalue weighted by Crippen LogP contribution is 2.51. The lowest BCUT2D eigenvalue weighted by molar-refractivity contribution is -0.122. The molecular weight excluding hydrogens is 438 g/mol. The van der Waals surface area contributed by atoms with E-state index in [0.717, 1.165) is 31.2 Å². The molecule has 0 aromatic heterocycles. The molecule has 2 aromatic carbocycles. The summed E-state index contributed by atoms with van der Waals surface area (Å²) in [5, 5.41) is 9.78. The predicted molar refractivity (Wildman–Crippen MR) is 137 cm³/mol. The second-order valence-electron chi connectivity index (χ2n) is 9.81. The lowest BCUT2D eigenvalue weighted by atomic mass is 9.69. The van der Waals surface area contributed by atoms with Crippen molar-refractivity contribution in [3.05, 3.63) is 76.9 Å². The van der Waals surface area contributed by atoms with E-state index in [1.165, 1.54) is 21.6 Å². The van der Waals surface area contributed by atoms with Crippen molar-refractivity contribution in [2.24, 2.45) is 17.8 Å². The number of phenolic OH excluding ortho intramolecular Hbond substituents is 1. The third-order valence-electron chi connectivity index (χ3n) is 7.87. The molecule has 35 heavy (non-hydrogen) atoms. The van der Waals surface area contributed by atoms with Gasteiger partial charge in [-0.1, -0.05) is 61.4 Å². The highest BCUT2D eigenvalue weighted by molar-refractivity contribution is 6.22. The molecule has 2 saturated heterocycles. The second-order valence-corrected chi connectivity index (χ2v) is 9.81. The average Bonchev–Trinajstić information content (AvgIpc) is 3.40. The minimum Gasteiger partial charge on any atom is -0.508 e. The van der Waals surface area contributed by atoms with Gasteiger partial charge < -0.3 is 9.84 Å². The van der Waals surface area contributed by atoms with Gasteiger partial charge in [-0.2, -0.15) is 0 Å². The molecule has 5 rings (SSSR count). The number of carbonyl (C=O) groups is 2. The summed E-state index contributed by atoms with van der Waals surface area (Å²) in [6.45, 7) is 4.80. The van der Waals surface area contributed by atoms with Crippen molar-refractivity contribution in [1.29, 1.82) is 0 Å². The van der Waals surface area contributed by atoms with Crippen LogP contribution in [0.25, 0.3) is 6.08 Å². The summed E-state index contributed by atoms with van der Waals surface area (Å²) >= 11 is 0. The zero-order chi connectivity index (χ0) is 24.5. The number of para-hydroxylation sites is 1. The zero-order valence-electron chi connectivity index (χ0n) is 20.4. The van der Waals surface area contributed by atoms with Gasteiger partial charge in [0, 0.05) is 5.92 Å². The Balaban J connectivity index is 1.36. The molecule has 2 aliphatic heterocycles. The van der Waals surface area contributed by atoms with Gasteiger partial charge in [0.2, 0.25) is 11.8 Å². The summed E-state index contributed by atoms with van der Waals surface area (Å²) in [5.74, 6) is -0.504. The molecule has 2 amide bonds. The van der Waals surface area contributed by atoms with Crippen molar-refractivity contribution in [2.75, 3.05) is 11.5 Å². The van der Waals surface area contributed by atoms with E-state index in [4.69, 9.17) is 4.74 Å². The minimum absolute atomic E-state index is 0.0105. The Morgan fingerprint density at radius 3 is 2.57 bits per heavy atom. The van der Waals surface area contributed by atoms with Gasteiger partial charge in [-0.05, 0) is 67.5 Å². The Hall–Kier alpha value is -3.18. The lowest BCUT2D eigenvalue weighted by Gasteiger charge is -2.31. The van der Waals surface area contributed by atoms with Crippen molar-refractivity contribution >= 4 is 23.6 Å². The van der Waals surface area contributed by atoms with Gasteiger partial charge in [-0.3, -0.25) is 14.5 Å². The topological polar surface area (TPSA) is 66.8 Å². The van der Waals surface area contributed by atoms with Crippen LogP contribution in [0.5, 0.6) is 5.75 Å². The minimum atomic E-state index is -0.327. The molecule has 2 aromatic rings. The van der Waals surface area contributed by atoms with Crippen LogP contribution in [0.3, 0.4) is 0 Å². The highest BCUT2D eigenvalue weighted by Gasteiger charge is 2.57. The normalized spacial score (nSPS) is 26.3. The quantitative estimate of drug-likeness (QED) is 0.403. The second kappa shape index (κ2) is 9.82. The highest BCUT2D eigenvalue weighted by atomic mass is 16.5. The molecule has 1 aliphatic carbocycles. The molecule has 0 unspecified atom stereocenters. The van der Waals surface area contributed by atoms with Crippen LogP contribution in [0.4, 0.5) is 5.69 Å². The average molecular weight is 472 g/mol. The maximum atomic E-state index is 13.5. The molecule has 0 radical (unpaired) electrons. The Kier molecular flexibility index (Phi) is 6.61. The maximum Gasteiger partial charge on any atom is 0.238 e. The standard InChI is InChI=1S/C30H33NO4/c1-3-19(15-20-9-8-12-23(32)16-20)13-14-26-27-21(4-2)17-24-28(25(27)18-35-26)30(34)31(29(24)33)22-10-6-5-7-11-22/h5-12,15-16,24-26,28,32H,3-4,13-14,17-18H2,1-2H3/b19-15+/t24-,25+,26-,28-/m1/s1. The van der Waals surface area contributed by atoms with E-state index in [1.807, 2.05) is 42.5 Å². The monoisotopic (exact) mass is 471 g/mol. The molecule has 1 N–H and O–H groups in total. The van der Waals surface area contributed by atoms with E-state index in [2.05, 4.69) is 19.9 Å². The predicted octanol–water partition coefficient (Wildman–Crippen LogP) is 5.90. The first-order chi connectivity index (χ1) is 17.0. The van der Waals surface area contributed by atoms with Gasteiger partial charge in [0.05, 0.1) is 30.2 Å². The van der Waals surface area contributed by atoms with Crippen LogP contribution in [0.2, 0.25) is 0 Å². The largest absolute Gasteiger partial charge is 0.508 e. The van der Waals surface area contributed by atoms with Crippen LogP contribution < -0.4 is 4.90 Å². The molecular formula is C30H33NO4. The fourth-order valence-electron chi connectivity index (χ4n) is 6.16. The molecule has 0 spiro atoms. The number of imide groups is 1. The van der Waals surface area contributed by atoms with Gasteiger partial charge in [-0.25, -0.2) is 0 Å². The Morgan fingerprint density at radius 2 is 1.86 bits per heavy atom. The van der Waals surface area contributed by atoms with Crippen LogP contribution in [-0.2, 0) is 14.3 Å². The van der Waals surface area contributed by atoms with E-state index in [-0.39, 0.29) is 41.4 Å². The molecule has 5 nitrogen and oxygen atoms in total. The maximum absolute atomic E-state index is 13.5. The van der Waals surface area contributed by atoms with Gasteiger partial charge in [0.15, 0.2) is 0 Å². The number of phenols is 1. The van der Waals surface area contributed by atoms with E-state index < -0.39 is 0 Å². The van der Waals surface area contributed by atoms with Crippen LogP contribution in [0.1, 0.15) is 51.5 Å². The smallest absolute Gasteiger partial charge is 0.238 e. The molecule has 3 aliphatic rings. The van der Waals surface area contributed by atoms with E-state index in [1.54, 1.807) is 12.1 Å². The van der Waals surface area contributed by atoms with Crippen molar-refractivity contribution in [1.82, 2.24) is 0 Å². The molecule has 2 heterocycles. The van der Waals surface area contributed by atoms with Gasteiger partial charge >= 0.3 is 0 Å². The van der Waals surface area contributed by atoms with Crippen LogP contribution >= 0.6 is 0 Å². The Labute approximate surface area is 207 Å². The van der Waals surface area contributed by atoms with E-state index in [9.17, 15) is 14.7 Å². The number of aromatic hydroxyl groups is 1.